The van der Waals surface area contributed by atoms with Gasteiger partial charge in [0.2, 0.25) is 0 Å². The monoisotopic (exact) mass is 183 g/mol. The summed E-state index contributed by atoms with van der Waals surface area (Å²) in [5, 5.41) is 3.92. The summed E-state index contributed by atoms with van der Waals surface area (Å²) >= 11 is 5.94. The molecule has 1 N–H and O–H groups in total. The Kier molecular flexibility index (Phi) is 1.85. The van der Waals surface area contributed by atoms with Crippen LogP contribution in [0, 0.1) is 0 Å². The average molecular weight is 184 g/mol. The maximum Gasteiger partial charge on any atom is 0.161 e. The molecule has 0 saturated heterocycles. The minimum Gasteiger partial charge on any atom is -0.485 e. The second-order valence-electron chi connectivity index (χ2n) is 2.93. The molecule has 0 aromatic heterocycles. The highest BCUT2D eigenvalue weighted by molar-refractivity contribution is 6.32. The topological polar surface area (TPSA) is 21.3 Å². The van der Waals surface area contributed by atoms with E-state index >= 15 is 0 Å². The summed E-state index contributed by atoms with van der Waals surface area (Å²) in [7, 11) is 0. The molecule has 1 aliphatic heterocycles. The number of para-hydroxylation sites is 1. The molecule has 12 heavy (non-hydrogen) atoms. The Hall–Kier alpha value is -0.890. The van der Waals surface area contributed by atoms with Crippen molar-refractivity contribution in [2.24, 2.45) is 0 Å². The zero-order valence-corrected chi connectivity index (χ0v) is 7.56. The first-order valence-corrected chi connectivity index (χ1v) is 4.34. The van der Waals surface area contributed by atoms with Gasteiger partial charge in [-0.25, -0.2) is 0 Å². The Morgan fingerprint density at radius 2 is 2.42 bits per heavy atom. The molecule has 0 amide bonds. The number of benzene rings is 1. The molecule has 0 aliphatic carbocycles. The summed E-state index contributed by atoms with van der Waals surface area (Å²) in [5.41, 5.74) is 0.987. The average Bonchev–Trinajstić information content (AvgIpc) is 2.07. The number of hydrogen-bond donors (Lipinski definition) is 1. The molecule has 2 rings (SSSR count). The predicted octanol–water partition coefficient (Wildman–Crippen LogP) is 2.53. The summed E-state index contributed by atoms with van der Waals surface area (Å²) in [6, 6.07) is 5.71. The van der Waals surface area contributed by atoms with Gasteiger partial charge in [-0.3, -0.25) is 0 Å². The van der Waals surface area contributed by atoms with Gasteiger partial charge in [0, 0.05) is 0 Å². The normalized spacial score (nSPS) is 20.7. The number of nitrogens with one attached hydrogen (secondary N) is 1. The summed E-state index contributed by atoms with van der Waals surface area (Å²) in [6.07, 6.45) is 0.192. The van der Waals surface area contributed by atoms with E-state index in [9.17, 15) is 0 Å². The Labute approximate surface area is 76.5 Å². The molecule has 2 nitrogen and oxygen atoms in total. The standard InChI is InChI=1S/C9H10ClNO/c1-6-5-11-8-4-2-3-7(10)9(8)12-6/h2-4,6,11H,5H2,1H3/t6-/m1/s1. The third kappa shape index (κ3) is 1.23. The number of ether oxygens (including phenoxy) is 1. The van der Waals surface area contributed by atoms with Gasteiger partial charge in [-0.2, -0.15) is 0 Å². The van der Waals surface area contributed by atoms with Crippen LogP contribution in [0.2, 0.25) is 5.02 Å². The Morgan fingerprint density at radius 1 is 1.58 bits per heavy atom. The van der Waals surface area contributed by atoms with Crippen molar-refractivity contribution < 1.29 is 4.74 Å². The fourth-order valence-electron chi connectivity index (χ4n) is 1.26. The Balaban J connectivity index is 2.43. The van der Waals surface area contributed by atoms with Crippen LogP contribution < -0.4 is 10.1 Å². The van der Waals surface area contributed by atoms with E-state index in [0.717, 1.165) is 18.0 Å². The molecule has 3 heteroatoms. The van der Waals surface area contributed by atoms with Crippen molar-refractivity contribution in [2.45, 2.75) is 13.0 Å². The van der Waals surface area contributed by atoms with Crippen LogP contribution in [0.25, 0.3) is 0 Å². The van der Waals surface area contributed by atoms with Crippen molar-refractivity contribution in [1.29, 1.82) is 0 Å². The number of halogens is 1. The van der Waals surface area contributed by atoms with E-state index in [0.29, 0.717) is 5.02 Å². The van der Waals surface area contributed by atoms with E-state index in [1.165, 1.54) is 0 Å². The number of fused-ring (bicyclic) bond motifs is 1. The first-order valence-electron chi connectivity index (χ1n) is 3.96. The zero-order valence-electron chi connectivity index (χ0n) is 6.80. The lowest BCUT2D eigenvalue weighted by Crippen LogP contribution is -2.27. The van der Waals surface area contributed by atoms with Crippen LogP contribution in [0.1, 0.15) is 6.92 Å². The molecule has 64 valence electrons. The van der Waals surface area contributed by atoms with E-state index in [1.807, 2.05) is 25.1 Å². The van der Waals surface area contributed by atoms with E-state index in [-0.39, 0.29) is 6.10 Å². The van der Waals surface area contributed by atoms with Crippen molar-refractivity contribution in [2.75, 3.05) is 11.9 Å². The zero-order chi connectivity index (χ0) is 8.55. The third-order valence-electron chi connectivity index (χ3n) is 1.87. The maximum atomic E-state index is 5.94. The minimum atomic E-state index is 0.192. The van der Waals surface area contributed by atoms with Crippen molar-refractivity contribution in [3.8, 4) is 5.75 Å². The van der Waals surface area contributed by atoms with Gasteiger partial charge < -0.3 is 10.1 Å². The van der Waals surface area contributed by atoms with E-state index in [2.05, 4.69) is 5.32 Å². The molecule has 0 spiro atoms. The highest BCUT2D eigenvalue weighted by Gasteiger charge is 2.16. The first-order chi connectivity index (χ1) is 5.77. The SMILES string of the molecule is C[C@@H]1CNc2cccc(Cl)c2O1. The molecule has 1 atom stereocenters. The molecule has 0 saturated carbocycles. The van der Waals surface area contributed by atoms with Crippen LogP contribution >= 0.6 is 11.6 Å². The van der Waals surface area contributed by atoms with Gasteiger partial charge in [0.1, 0.15) is 6.10 Å². The maximum absolute atomic E-state index is 5.94. The lowest BCUT2D eigenvalue weighted by atomic mass is 10.2. The fraction of sp³-hybridized carbons (Fsp3) is 0.333. The summed E-state index contributed by atoms with van der Waals surface area (Å²) in [4.78, 5) is 0. The van der Waals surface area contributed by atoms with Gasteiger partial charge in [0.25, 0.3) is 0 Å². The van der Waals surface area contributed by atoms with Gasteiger partial charge in [0.15, 0.2) is 5.75 Å². The molecule has 1 aliphatic rings. The molecule has 1 aromatic carbocycles. The predicted molar refractivity (Wildman–Crippen MR) is 50.0 cm³/mol. The summed E-state index contributed by atoms with van der Waals surface area (Å²) in [5.74, 6) is 0.776. The van der Waals surface area contributed by atoms with Crippen LogP contribution in [0.3, 0.4) is 0 Å². The van der Waals surface area contributed by atoms with Gasteiger partial charge in [0.05, 0.1) is 17.3 Å². The second kappa shape index (κ2) is 2.87. The van der Waals surface area contributed by atoms with Crippen molar-refractivity contribution in [3.63, 3.8) is 0 Å². The Bertz CT molecular complexity index is 301. The highest BCUT2D eigenvalue weighted by atomic mass is 35.5. The molecule has 0 unspecified atom stereocenters. The van der Waals surface area contributed by atoms with Crippen molar-refractivity contribution >= 4 is 17.3 Å². The van der Waals surface area contributed by atoms with E-state index in [1.54, 1.807) is 0 Å². The van der Waals surface area contributed by atoms with E-state index < -0.39 is 0 Å². The molecule has 0 fully saturated rings. The lowest BCUT2D eigenvalue weighted by molar-refractivity contribution is 0.226. The molecular formula is C9H10ClNO. The minimum absolute atomic E-state index is 0.192. The van der Waals surface area contributed by atoms with Gasteiger partial charge >= 0.3 is 0 Å². The smallest absolute Gasteiger partial charge is 0.161 e. The molecule has 0 bridgehead atoms. The quantitative estimate of drug-likeness (QED) is 0.668. The van der Waals surface area contributed by atoms with Crippen LogP contribution in [-0.4, -0.2) is 12.6 Å². The van der Waals surface area contributed by atoms with Gasteiger partial charge in [-0.15, -0.1) is 0 Å². The third-order valence-corrected chi connectivity index (χ3v) is 2.16. The summed E-state index contributed by atoms with van der Waals surface area (Å²) < 4.78 is 5.57. The van der Waals surface area contributed by atoms with Crippen molar-refractivity contribution in [3.05, 3.63) is 23.2 Å². The summed E-state index contributed by atoms with van der Waals surface area (Å²) in [6.45, 7) is 2.85. The molecule has 1 heterocycles. The van der Waals surface area contributed by atoms with Crippen molar-refractivity contribution in [1.82, 2.24) is 0 Å². The first kappa shape index (κ1) is 7.74. The van der Waals surface area contributed by atoms with Crippen LogP contribution in [-0.2, 0) is 0 Å². The molecular weight excluding hydrogens is 174 g/mol. The Morgan fingerprint density at radius 3 is 3.25 bits per heavy atom. The molecule has 1 aromatic rings. The van der Waals surface area contributed by atoms with Crippen LogP contribution in [0.4, 0.5) is 5.69 Å². The lowest BCUT2D eigenvalue weighted by Gasteiger charge is -2.25. The number of anilines is 1. The fourth-order valence-corrected chi connectivity index (χ4v) is 1.48. The van der Waals surface area contributed by atoms with Crippen LogP contribution in [0.15, 0.2) is 18.2 Å². The van der Waals surface area contributed by atoms with Gasteiger partial charge in [-0.1, -0.05) is 17.7 Å². The molecule has 0 radical (unpaired) electrons. The van der Waals surface area contributed by atoms with Gasteiger partial charge in [-0.05, 0) is 19.1 Å². The van der Waals surface area contributed by atoms with E-state index in [4.69, 9.17) is 16.3 Å². The number of hydrogen-bond acceptors (Lipinski definition) is 2. The largest absolute Gasteiger partial charge is 0.485 e. The second-order valence-corrected chi connectivity index (χ2v) is 3.33. The van der Waals surface area contributed by atoms with Crippen LogP contribution in [0.5, 0.6) is 5.75 Å². The number of rotatable bonds is 0. The highest BCUT2D eigenvalue weighted by Crippen LogP contribution is 2.35.